The van der Waals surface area contributed by atoms with Crippen LogP contribution in [0.3, 0.4) is 0 Å². The smallest absolute Gasteiger partial charge is 0.321 e. The number of hydrogen-bond donors (Lipinski definition) is 2. The molecular weight excluding hydrogens is 342 g/mol. The van der Waals surface area contributed by atoms with Gasteiger partial charge in [-0.15, -0.1) is 0 Å². The van der Waals surface area contributed by atoms with Crippen LogP contribution in [0.25, 0.3) is 0 Å². The lowest BCUT2D eigenvalue weighted by Crippen LogP contribution is -2.48. The number of carbonyl (C=O) groups is 2. The summed E-state index contributed by atoms with van der Waals surface area (Å²) in [7, 11) is 0. The van der Waals surface area contributed by atoms with E-state index in [9.17, 15) is 9.59 Å². The first kappa shape index (κ1) is 18.4. The molecule has 1 aromatic carbocycles. The first-order chi connectivity index (χ1) is 12.9. The summed E-state index contributed by atoms with van der Waals surface area (Å²) in [5.41, 5.74) is 1.30. The average Bonchev–Trinajstić information content (AvgIpc) is 3.20. The summed E-state index contributed by atoms with van der Waals surface area (Å²) in [6, 6.07) is 8.08. The lowest BCUT2D eigenvalue weighted by atomic mass is 9.87. The molecule has 0 radical (unpaired) electrons. The van der Waals surface area contributed by atoms with Gasteiger partial charge in [0.05, 0.1) is 12.2 Å². The van der Waals surface area contributed by atoms with Gasteiger partial charge in [0.15, 0.2) is 5.78 Å². The van der Waals surface area contributed by atoms with Crippen LogP contribution in [-0.4, -0.2) is 54.1 Å². The average molecular weight is 371 g/mol. The molecule has 1 aromatic rings. The van der Waals surface area contributed by atoms with Crippen LogP contribution >= 0.6 is 0 Å². The predicted octanol–water partition coefficient (Wildman–Crippen LogP) is 3.04. The second-order valence-electron chi connectivity index (χ2n) is 8.43. The van der Waals surface area contributed by atoms with E-state index in [2.05, 4.69) is 17.6 Å². The van der Waals surface area contributed by atoms with Gasteiger partial charge in [-0.2, -0.15) is 0 Å². The first-order valence-corrected chi connectivity index (χ1v) is 10.0. The Kier molecular flexibility index (Phi) is 4.95. The number of ether oxygens (including phenoxy) is 1. The van der Waals surface area contributed by atoms with Crippen molar-refractivity contribution in [2.45, 2.75) is 57.2 Å². The third kappa shape index (κ3) is 4.17. The zero-order valence-electron chi connectivity index (χ0n) is 16.2. The molecule has 27 heavy (non-hydrogen) atoms. The largest absolute Gasteiger partial charge is 0.373 e. The van der Waals surface area contributed by atoms with Crippen LogP contribution in [0.4, 0.5) is 10.5 Å². The number of Topliss-reactive ketones (excluding diaryl/α,β-unsaturated/α-hetero) is 1. The van der Waals surface area contributed by atoms with E-state index in [4.69, 9.17) is 4.74 Å². The van der Waals surface area contributed by atoms with Crippen molar-refractivity contribution < 1.29 is 14.3 Å². The molecule has 2 aliphatic heterocycles. The lowest BCUT2D eigenvalue weighted by Gasteiger charge is -2.38. The molecule has 1 unspecified atom stereocenters. The minimum atomic E-state index is -0.0834. The Morgan fingerprint density at radius 3 is 2.44 bits per heavy atom. The number of nitrogens with zero attached hydrogens (tertiary/aromatic N) is 1. The van der Waals surface area contributed by atoms with E-state index < -0.39 is 0 Å². The van der Waals surface area contributed by atoms with Crippen LogP contribution in [0.2, 0.25) is 0 Å². The van der Waals surface area contributed by atoms with Crippen LogP contribution in [0.5, 0.6) is 0 Å². The van der Waals surface area contributed by atoms with Crippen molar-refractivity contribution in [3.8, 4) is 0 Å². The third-order valence-electron chi connectivity index (χ3n) is 6.27. The number of ketones is 1. The summed E-state index contributed by atoms with van der Waals surface area (Å²) < 4.78 is 6.19. The van der Waals surface area contributed by atoms with Crippen molar-refractivity contribution in [1.82, 2.24) is 10.2 Å². The molecule has 2 heterocycles. The minimum absolute atomic E-state index is 0.0229. The molecule has 6 nitrogen and oxygen atoms in total. The van der Waals surface area contributed by atoms with E-state index in [1.807, 2.05) is 4.90 Å². The van der Waals surface area contributed by atoms with Crippen LogP contribution < -0.4 is 10.6 Å². The van der Waals surface area contributed by atoms with Crippen molar-refractivity contribution in [2.24, 2.45) is 5.92 Å². The number of nitrogens with one attached hydrogen (secondary N) is 2. The van der Waals surface area contributed by atoms with Gasteiger partial charge in [-0.1, -0.05) is 6.92 Å². The molecule has 0 aromatic heterocycles. The molecule has 3 atom stereocenters. The molecule has 146 valence electrons. The van der Waals surface area contributed by atoms with E-state index in [1.54, 1.807) is 24.3 Å². The number of likely N-dealkylation sites (tertiary alicyclic amines) is 1. The molecule has 1 aliphatic carbocycles. The molecule has 3 aliphatic rings. The summed E-state index contributed by atoms with van der Waals surface area (Å²) in [4.78, 5) is 25.7. The Balaban J connectivity index is 1.26. The highest BCUT2D eigenvalue weighted by atomic mass is 16.5. The van der Waals surface area contributed by atoms with Crippen LogP contribution in [0, 0.1) is 5.92 Å². The Bertz CT molecular complexity index is 710. The number of carbonyl (C=O) groups excluding carboxylic acids is 2. The first-order valence-electron chi connectivity index (χ1n) is 10.0. The van der Waals surface area contributed by atoms with E-state index in [1.165, 1.54) is 13.3 Å². The summed E-state index contributed by atoms with van der Waals surface area (Å²) >= 11 is 0. The SMILES string of the molecule is CC(=O)c1ccc(NC(=O)N2CCC3(CC2)CC(N[C@@H]2C[C@H]2C)CO3)cc1. The zero-order chi connectivity index (χ0) is 19.0. The van der Waals surface area contributed by atoms with Gasteiger partial charge < -0.3 is 20.3 Å². The molecule has 1 saturated carbocycles. The molecular formula is C21H29N3O3. The number of anilines is 1. The summed E-state index contributed by atoms with van der Waals surface area (Å²) in [5, 5.41) is 6.64. The van der Waals surface area contributed by atoms with Crippen molar-refractivity contribution in [1.29, 1.82) is 0 Å². The van der Waals surface area contributed by atoms with Crippen molar-refractivity contribution in [3.05, 3.63) is 29.8 Å². The van der Waals surface area contributed by atoms with Gasteiger partial charge in [-0.05, 0) is 62.8 Å². The van der Waals surface area contributed by atoms with E-state index in [0.29, 0.717) is 36.4 Å². The maximum absolute atomic E-state index is 12.5. The molecule has 2 amide bonds. The number of rotatable bonds is 4. The zero-order valence-corrected chi connectivity index (χ0v) is 16.2. The van der Waals surface area contributed by atoms with Gasteiger partial charge in [0.25, 0.3) is 0 Å². The number of urea groups is 1. The Morgan fingerprint density at radius 1 is 1.19 bits per heavy atom. The predicted molar refractivity (Wildman–Crippen MR) is 104 cm³/mol. The second kappa shape index (κ2) is 7.24. The molecule has 1 spiro atoms. The van der Waals surface area contributed by atoms with Crippen LogP contribution in [0.15, 0.2) is 24.3 Å². The maximum atomic E-state index is 12.5. The highest BCUT2D eigenvalue weighted by Gasteiger charge is 2.45. The van der Waals surface area contributed by atoms with E-state index in [-0.39, 0.29) is 17.4 Å². The third-order valence-corrected chi connectivity index (χ3v) is 6.27. The van der Waals surface area contributed by atoms with Crippen LogP contribution in [0.1, 0.15) is 49.9 Å². The van der Waals surface area contributed by atoms with Gasteiger partial charge in [0.2, 0.25) is 0 Å². The minimum Gasteiger partial charge on any atom is -0.373 e. The monoisotopic (exact) mass is 371 g/mol. The maximum Gasteiger partial charge on any atom is 0.321 e. The van der Waals surface area contributed by atoms with Crippen LogP contribution in [-0.2, 0) is 4.74 Å². The van der Waals surface area contributed by atoms with E-state index >= 15 is 0 Å². The van der Waals surface area contributed by atoms with Crippen molar-refractivity contribution in [2.75, 3.05) is 25.0 Å². The number of hydrogen-bond acceptors (Lipinski definition) is 4. The summed E-state index contributed by atoms with van der Waals surface area (Å²) in [6.07, 6.45) is 4.12. The Morgan fingerprint density at radius 2 is 1.85 bits per heavy atom. The van der Waals surface area contributed by atoms with Gasteiger partial charge in [-0.25, -0.2) is 4.79 Å². The standard InChI is InChI=1S/C21H29N3O3/c1-14-11-19(14)22-18-12-21(27-13-18)7-9-24(10-8-21)20(26)23-17-5-3-16(4-6-17)15(2)25/h3-6,14,18-19,22H,7-13H2,1-2H3,(H,23,26)/t14-,18?,19-/m1/s1. The van der Waals surface area contributed by atoms with Gasteiger partial charge in [0.1, 0.15) is 0 Å². The number of piperidine rings is 1. The fraction of sp³-hybridized carbons (Fsp3) is 0.619. The fourth-order valence-corrected chi connectivity index (χ4v) is 4.26. The molecule has 2 N–H and O–H groups in total. The number of amides is 2. The Hall–Kier alpha value is -1.92. The molecule has 4 rings (SSSR count). The fourth-order valence-electron chi connectivity index (χ4n) is 4.26. The number of benzene rings is 1. The topological polar surface area (TPSA) is 70.7 Å². The molecule has 3 fully saturated rings. The van der Waals surface area contributed by atoms with Gasteiger partial charge >= 0.3 is 6.03 Å². The summed E-state index contributed by atoms with van der Waals surface area (Å²) in [5.74, 6) is 0.825. The highest BCUT2D eigenvalue weighted by Crippen LogP contribution is 2.38. The molecule has 0 bridgehead atoms. The Labute approximate surface area is 160 Å². The normalized spacial score (nSPS) is 29.0. The molecule has 6 heteroatoms. The quantitative estimate of drug-likeness (QED) is 0.798. The van der Waals surface area contributed by atoms with Gasteiger partial charge in [0, 0.05) is 36.4 Å². The van der Waals surface area contributed by atoms with Crippen molar-refractivity contribution >= 4 is 17.5 Å². The highest BCUT2D eigenvalue weighted by molar-refractivity contribution is 5.95. The van der Waals surface area contributed by atoms with Gasteiger partial charge in [-0.3, -0.25) is 4.79 Å². The van der Waals surface area contributed by atoms with Crippen molar-refractivity contribution in [3.63, 3.8) is 0 Å². The van der Waals surface area contributed by atoms with E-state index in [0.717, 1.165) is 31.8 Å². The second-order valence-corrected chi connectivity index (χ2v) is 8.43. The lowest BCUT2D eigenvalue weighted by molar-refractivity contribution is -0.0355. The molecule has 2 saturated heterocycles. The summed E-state index contributed by atoms with van der Waals surface area (Å²) in [6.45, 7) is 6.04.